The van der Waals surface area contributed by atoms with E-state index < -0.39 is 5.60 Å². The molecule has 6 heteroatoms. The predicted molar refractivity (Wildman–Crippen MR) is 105 cm³/mol. The Hall–Kier alpha value is -1.63. The summed E-state index contributed by atoms with van der Waals surface area (Å²) in [5.74, 6) is 0.0388. The van der Waals surface area contributed by atoms with Gasteiger partial charge in [-0.1, -0.05) is 18.2 Å². The lowest BCUT2D eigenvalue weighted by molar-refractivity contribution is -0.147. The molecular formula is C20H32N4O2. The second kappa shape index (κ2) is 8.84. The molecule has 1 unspecified atom stereocenters. The van der Waals surface area contributed by atoms with Crippen LogP contribution in [-0.2, 0) is 9.53 Å². The van der Waals surface area contributed by atoms with Crippen LogP contribution in [0.3, 0.4) is 0 Å². The average Bonchev–Trinajstić information content (AvgIpc) is 2.69. The second-order valence-corrected chi connectivity index (χ2v) is 7.45. The largest absolute Gasteiger partial charge is 0.369 e. The van der Waals surface area contributed by atoms with Gasteiger partial charge < -0.3 is 20.3 Å². The van der Waals surface area contributed by atoms with E-state index in [1.54, 1.807) is 7.11 Å². The van der Waals surface area contributed by atoms with E-state index in [0.29, 0.717) is 0 Å². The van der Waals surface area contributed by atoms with Crippen molar-refractivity contribution >= 4 is 11.6 Å². The van der Waals surface area contributed by atoms with Crippen LogP contribution in [0.5, 0.6) is 0 Å². The molecule has 2 aliphatic heterocycles. The Morgan fingerprint density at radius 3 is 2.46 bits per heavy atom. The van der Waals surface area contributed by atoms with Crippen LogP contribution in [0, 0.1) is 0 Å². The molecule has 0 aliphatic carbocycles. The van der Waals surface area contributed by atoms with Crippen LogP contribution in [0.25, 0.3) is 0 Å². The molecule has 0 spiro atoms. The minimum absolute atomic E-state index is 0.0388. The predicted octanol–water partition coefficient (Wildman–Crippen LogP) is 1.08. The molecule has 1 atom stereocenters. The van der Waals surface area contributed by atoms with Crippen LogP contribution in [0.15, 0.2) is 30.3 Å². The van der Waals surface area contributed by atoms with Crippen LogP contribution < -0.4 is 15.5 Å². The zero-order valence-corrected chi connectivity index (χ0v) is 16.0. The summed E-state index contributed by atoms with van der Waals surface area (Å²) in [5, 5.41) is 6.48. The van der Waals surface area contributed by atoms with Gasteiger partial charge in [0.05, 0.1) is 0 Å². The van der Waals surface area contributed by atoms with Crippen LogP contribution in [0.2, 0.25) is 0 Å². The molecule has 2 aliphatic rings. The molecule has 0 radical (unpaired) electrons. The molecule has 6 nitrogen and oxygen atoms in total. The van der Waals surface area contributed by atoms with Gasteiger partial charge in [0.2, 0.25) is 0 Å². The van der Waals surface area contributed by atoms with Crippen molar-refractivity contribution in [1.82, 2.24) is 15.5 Å². The minimum atomic E-state index is -0.661. The standard InChI is InChI=1S/C20H32N4O2/c1-17(22-19(25)20(26-2)8-10-21-11-9-20)16-23-12-14-24(15-13-23)18-6-4-3-5-7-18/h3-7,17,21H,8-16H2,1-2H3,(H,22,25). The molecule has 3 rings (SSSR count). The molecule has 0 aromatic heterocycles. The number of carbonyl (C=O) groups is 1. The molecule has 26 heavy (non-hydrogen) atoms. The van der Waals surface area contributed by atoms with E-state index in [4.69, 9.17) is 4.74 Å². The van der Waals surface area contributed by atoms with Crippen LogP contribution in [0.4, 0.5) is 5.69 Å². The van der Waals surface area contributed by atoms with Crippen molar-refractivity contribution in [3.05, 3.63) is 30.3 Å². The molecule has 1 aromatic carbocycles. The quantitative estimate of drug-likeness (QED) is 0.795. The molecule has 1 aromatic rings. The number of ether oxygens (including phenoxy) is 1. The highest BCUT2D eigenvalue weighted by Crippen LogP contribution is 2.23. The van der Waals surface area contributed by atoms with E-state index in [2.05, 4.69) is 57.7 Å². The fourth-order valence-corrected chi connectivity index (χ4v) is 3.97. The highest BCUT2D eigenvalue weighted by molar-refractivity contribution is 5.85. The van der Waals surface area contributed by atoms with Crippen molar-refractivity contribution in [2.75, 3.05) is 57.8 Å². The maximum absolute atomic E-state index is 12.7. The molecule has 1 amide bonds. The number of hydrogen-bond donors (Lipinski definition) is 2. The van der Waals surface area contributed by atoms with Crippen molar-refractivity contribution < 1.29 is 9.53 Å². The third kappa shape index (κ3) is 4.55. The fraction of sp³-hybridized carbons (Fsp3) is 0.650. The average molecular weight is 361 g/mol. The molecule has 2 fully saturated rings. The topological polar surface area (TPSA) is 56.8 Å². The summed E-state index contributed by atoms with van der Waals surface area (Å²) in [6.07, 6.45) is 1.47. The summed E-state index contributed by atoms with van der Waals surface area (Å²) in [6, 6.07) is 10.7. The summed E-state index contributed by atoms with van der Waals surface area (Å²) in [5.41, 5.74) is 0.632. The maximum atomic E-state index is 12.7. The Labute approximate surface area is 156 Å². The molecule has 2 N–H and O–H groups in total. The van der Waals surface area contributed by atoms with Gasteiger partial charge in [-0.05, 0) is 45.0 Å². The highest BCUT2D eigenvalue weighted by Gasteiger charge is 2.40. The van der Waals surface area contributed by atoms with Crippen molar-refractivity contribution in [3.8, 4) is 0 Å². The summed E-state index contributed by atoms with van der Waals surface area (Å²) in [7, 11) is 1.65. The monoisotopic (exact) mass is 360 g/mol. The van der Waals surface area contributed by atoms with Gasteiger partial charge in [0.1, 0.15) is 5.60 Å². The van der Waals surface area contributed by atoms with Crippen molar-refractivity contribution in [2.24, 2.45) is 0 Å². The van der Waals surface area contributed by atoms with Gasteiger partial charge in [-0.2, -0.15) is 0 Å². The highest BCUT2D eigenvalue weighted by atomic mass is 16.5. The first-order valence-corrected chi connectivity index (χ1v) is 9.72. The zero-order valence-electron chi connectivity index (χ0n) is 16.0. The first kappa shape index (κ1) is 19.1. The van der Waals surface area contributed by atoms with Crippen molar-refractivity contribution in [2.45, 2.75) is 31.4 Å². The first-order chi connectivity index (χ1) is 12.6. The second-order valence-electron chi connectivity index (χ2n) is 7.45. The van der Waals surface area contributed by atoms with Crippen LogP contribution in [0.1, 0.15) is 19.8 Å². The number of piperidine rings is 1. The third-order valence-electron chi connectivity index (χ3n) is 5.62. The Morgan fingerprint density at radius 1 is 1.19 bits per heavy atom. The number of hydrogen-bond acceptors (Lipinski definition) is 5. The number of para-hydroxylation sites is 1. The third-order valence-corrected chi connectivity index (χ3v) is 5.62. The van der Waals surface area contributed by atoms with Gasteiger partial charge >= 0.3 is 0 Å². The first-order valence-electron chi connectivity index (χ1n) is 9.72. The number of nitrogens with zero attached hydrogens (tertiary/aromatic N) is 2. The van der Waals surface area contributed by atoms with E-state index in [1.165, 1.54) is 5.69 Å². The van der Waals surface area contributed by atoms with Crippen molar-refractivity contribution in [3.63, 3.8) is 0 Å². The smallest absolute Gasteiger partial charge is 0.252 e. The lowest BCUT2D eigenvalue weighted by Crippen LogP contribution is -2.57. The van der Waals surface area contributed by atoms with E-state index in [9.17, 15) is 4.79 Å². The lowest BCUT2D eigenvalue weighted by Gasteiger charge is -2.38. The molecule has 2 saturated heterocycles. The van der Waals surface area contributed by atoms with Gasteiger partial charge in [-0.25, -0.2) is 0 Å². The normalized spacial score (nSPS) is 22.0. The van der Waals surface area contributed by atoms with Crippen LogP contribution >= 0.6 is 0 Å². The Morgan fingerprint density at radius 2 is 1.85 bits per heavy atom. The number of anilines is 1. The van der Waals surface area contributed by atoms with E-state index in [-0.39, 0.29) is 11.9 Å². The Kier molecular flexibility index (Phi) is 6.51. The summed E-state index contributed by atoms with van der Waals surface area (Å²) in [4.78, 5) is 17.6. The molecule has 0 bridgehead atoms. The number of methoxy groups -OCH3 is 1. The van der Waals surface area contributed by atoms with E-state index >= 15 is 0 Å². The number of piperazine rings is 1. The summed E-state index contributed by atoms with van der Waals surface area (Å²) < 4.78 is 5.62. The van der Waals surface area contributed by atoms with Gasteiger partial charge in [-0.15, -0.1) is 0 Å². The van der Waals surface area contributed by atoms with Gasteiger partial charge in [-0.3, -0.25) is 9.69 Å². The SMILES string of the molecule is COC1(C(=O)NC(C)CN2CCN(c3ccccc3)CC2)CCNCC1. The number of amides is 1. The van der Waals surface area contributed by atoms with Gasteiger partial charge in [0, 0.05) is 51.6 Å². The Balaban J connectivity index is 1.45. The minimum Gasteiger partial charge on any atom is -0.369 e. The molecular weight excluding hydrogens is 328 g/mol. The summed E-state index contributed by atoms with van der Waals surface area (Å²) >= 11 is 0. The number of benzene rings is 1. The van der Waals surface area contributed by atoms with E-state index in [0.717, 1.165) is 58.7 Å². The number of rotatable bonds is 6. The van der Waals surface area contributed by atoms with Gasteiger partial charge in [0.25, 0.3) is 5.91 Å². The number of carbonyl (C=O) groups excluding carboxylic acids is 1. The Bertz CT molecular complexity index is 566. The molecule has 2 heterocycles. The molecule has 0 saturated carbocycles. The zero-order chi connectivity index (χ0) is 18.4. The maximum Gasteiger partial charge on any atom is 0.252 e. The van der Waals surface area contributed by atoms with Crippen molar-refractivity contribution in [1.29, 1.82) is 0 Å². The summed E-state index contributed by atoms with van der Waals surface area (Å²) in [6.45, 7) is 8.73. The molecule has 144 valence electrons. The lowest BCUT2D eigenvalue weighted by atomic mass is 9.91. The van der Waals surface area contributed by atoms with E-state index in [1.807, 2.05) is 0 Å². The van der Waals surface area contributed by atoms with Crippen LogP contribution in [-0.4, -0.2) is 75.4 Å². The number of nitrogens with one attached hydrogen (secondary N) is 2. The fourth-order valence-electron chi connectivity index (χ4n) is 3.97. The van der Waals surface area contributed by atoms with Gasteiger partial charge in [0.15, 0.2) is 0 Å².